The van der Waals surface area contributed by atoms with Crippen LogP contribution >= 0.6 is 0 Å². The fourth-order valence-electron chi connectivity index (χ4n) is 1.86. The van der Waals surface area contributed by atoms with Crippen LogP contribution in [0.15, 0.2) is 24.4 Å². The van der Waals surface area contributed by atoms with Crippen LogP contribution < -0.4 is 4.74 Å². The quantitative estimate of drug-likeness (QED) is 0.851. The van der Waals surface area contributed by atoms with Crippen molar-refractivity contribution in [2.75, 3.05) is 6.61 Å². The molecule has 0 radical (unpaired) electrons. The number of benzene rings is 1. The Balaban J connectivity index is 2.06. The first kappa shape index (κ1) is 12.6. The van der Waals surface area contributed by atoms with Gasteiger partial charge in [0, 0.05) is 0 Å². The van der Waals surface area contributed by atoms with Crippen molar-refractivity contribution in [1.29, 1.82) is 0 Å². The van der Waals surface area contributed by atoms with E-state index >= 15 is 0 Å². The highest BCUT2D eigenvalue weighted by Gasteiger charge is 2.05. The molecule has 0 spiro atoms. The van der Waals surface area contributed by atoms with E-state index in [4.69, 9.17) is 4.74 Å². The molecule has 4 nitrogen and oxygen atoms in total. The lowest BCUT2D eigenvalue weighted by molar-refractivity contribution is 0.314. The number of aromatic nitrogens is 3. The van der Waals surface area contributed by atoms with Gasteiger partial charge < -0.3 is 4.74 Å². The molecule has 1 N–H and O–H groups in total. The number of nitrogens with zero attached hydrogens (tertiary/aromatic N) is 2. The van der Waals surface area contributed by atoms with Gasteiger partial charge in [0.15, 0.2) is 0 Å². The Morgan fingerprint density at radius 2 is 2.17 bits per heavy atom. The Morgan fingerprint density at radius 1 is 1.28 bits per heavy atom. The zero-order chi connectivity index (χ0) is 12.8. The van der Waals surface area contributed by atoms with E-state index in [2.05, 4.69) is 47.5 Å². The average Bonchev–Trinajstić information content (AvgIpc) is 2.88. The third-order valence-corrected chi connectivity index (χ3v) is 2.79. The summed E-state index contributed by atoms with van der Waals surface area (Å²) in [6, 6.07) is 6.33. The van der Waals surface area contributed by atoms with Crippen LogP contribution in [-0.4, -0.2) is 22.0 Å². The molecule has 1 aromatic carbocycles. The predicted molar refractivity (Wildman–Crippen MR) is 70.8 cm³/mol. The maximum atomic E-state index is 5.77. The minimum atomic E-state index is 0.764. The zero-order valence-corrected chi connectivity index (χ0v) is 10.9. The molecule has 18 heavy (non-hydrogen) atoms. The Morgan fingerprint density at radius 3 is 2.89 bits per heavy atom. The van der Waals surface area contributed by atoms with E-state index in [9.17, 15) is 0 Å². The van der Waals surface area contributed by atoms with E-state index in [1.54, 1.807) is 6.20 Å². The van der Waals surface area contributed by atoms with Gasteiger partial charge in [-0.2, -0.15) is 15.4 Å². The Hall–Kier alpha value is -1.84. The van der Waals surface area contributed by atoms with Gasteiger partial charge in [0.1, 0.15) is 5.75 Å². The molecule has 0 unspecified atom stereocenters. The number of H-pyrrole nitrogens is 1. The Kier molecular flexibility index (Phi) is 4.34. The van der Waals surface area contributed by atoms with Crippen molar-refractivity contribution < 1.29 is 4.74 Å². The van der Waals surface area contributed by atoms with Gasteiger partial charge >= 0.3 is 0 Å². The SMILES string of the molecule is CCCOc1ccc(C)cc1CCc1cn[nH]n1. The number of aromatic amines is 1. The number of nitrogens with one attached hydrogen (secondary N) is 1. The summed E-state index contributed by atoms with van der Waals surface area (Å²) < 4.78 is 5.77. The summed E-state index contributed by atoms with van der Waals surface area (Å²) in [5.74, 6) is 0.992. The van der Waals surface area contributed by atoms with E-state index < -0.39 is 0 Å². The first-order valence-corrected chi connectivity index (χ1v) is 6.36. The highest BCUT2D eigenvalue weighted by atomic mass is 16.5. The summed E-state index contributed by atoms with van der Waals surface area (Å²) in [7, 11) is 0. The average molecular weight is 245 g/mol. The van der Waals surface area contributed by atoms with E-state index in [1.807, 2.05) is 0 Å². The molecule has 0 aliphatic carbocycles. The van der Waals surface area contributed by atoms with Gasteiger partial charge in [-0.15, -0.1) is 0 Å². The molecule has 0 saturated heterocycles. The summed E-state index contributed by atoms with van der Waals surface area (Å²) in [6.45, 7) is 4.98. The van der Waals surface area contributed by atoms with Crippen LogP contribution in [0.4, 0.5) is 0 Å². The van der Waals surface area contributed by atoms with E-state index in [0.717, 1.165) is 37.3 Å². The molecule has 96 valence electrons. The number of rotatable bonds is 6. The fraction of sp³-hybridized carbons (Fsp3) is 0.429. The van der Waals surface area contributed by atoms with Crippen molar-refractivity contribution in [3.05, 3.63) is 41.2 Å². The second-order valence-electron chi connectivity index (χ2n) is 4.42. The molecule has 2 rings (SSSR count). The van der Waals surface area contributed by atoms with E-state index in [-0.39, 0.29) is 0 Å². The summed E-state index contributed by atoms with van der Waals surface area (Å²) >= 11 is 0. The third kappa shape index (κ3) is 3.32. The lowest BCUT2D eigenvalue weighted by atomic mass is 10.0. The first-order chi connectivity index (χ1) is 8.79. The van der Waals surface area contributed by atoms with Crippen LogP contribution in [0.5, 0.6) is 5.75 Å². The molecule has 0 amide bonds. The number of hydrogen-bond acceptors (Lipinski definition) is 3. The maximum absolute atomic E-state index is 5.77. The molecule has 1 heterocycles. The molecule has 0 bridgehead atoms. The highest BCUT2D eigenvalue weighted by Crippen LogP contribution is 2.21. The summed E-state index contributed by atoms with van der Waals surface area (Å²) in [5.41, 5.74) is 3.48. The van der Waals surface area contributed by atoms with Gasteiger partial charge in [0.05, 0.1) is 18.5 Å². The standard InChI is InChI=1S/C14H19N3O/c1-3-8-18-14-7-4-11(2)9-12(14)5-6-13-10-15-17-16-13/h4,7,9-10H,3,5-6,8H2,1-2H3,(H,15,16,17). The van der Waals surface area contributed by atoms with Gasteiger partial charge in [-0.05, 0) is 37.8 Å². The van der Waals surface area contributed by atoms with E-state index in [1.165, 1.54) is 11.1 Å². The molecule has 2 aromatic rings. The van der Waals surface area contributed by atoms with Crippen molar-refractivity contribution in [3.63, 3.8) is 0 Å². The predicted octanol–water partition coefficient (Wildman–Crippen LogP) is 2.69. The fourth-order valence-corrected chi connectivity index (χ4v) is 1.86. The van der Waals surface area contributed by atoms with Crippen molar-refractivity contribution >= 4 is 0 Å². The van der Waals surface area contributed by atoms with Gasteiger partial charge in [0.25, 0.3) is 0 Å². The van der Waals surface area contributed by atoms with Gasteiger partial charge in [-0.1, -0.05) is 24.6 Å². The summed E-state index contributed by atoms with van der Waals surface area (Å²) in [5, 5.41) is 10.5. The summed E-state index contributed by atoms with van der Waals surface area (Å²) in [4.78, 5) is 0. The lowest BCUT2D eigenvalue weighted by Gasteiger charge is -2.11. The van der Waals surface area contributed by atoms with Crippen molar-refractivity contribution in [2.24, 2.45) is 0 Å². The Labute approximate surface area is 107 Å². The van der Waals surface area contributed by atoms with Crippen LogP contribution in [0.2, 0.25) is 0 Å². The van der Waals surface area contributed by atoms with E-state index in [0.29, 0.717) is 0 Å². The van der Waals surface area contributed by atoms with Crippen LogP contribution in [0.3, 0.4) is 0 Å². The molecule has 4 heteroatoms. The molecule has 0 fully saturated rings. The molecule has 0 atom stereocenters. The minimum absolute atomic E-state index is 0.764. The molecular formula is C14H19N3O. The second-order valence-corrected chi connectivity index (χ2v) is 4.42. The smallest absolute Gasteiger partial charge is 0.122 e. The monoisotopic (exact) mass is 245 g/mol. The zero-order valence-electron chi connectivity index (χ0n) is 10.9. The second kappa shape index (κ2) is 6.19. The van der Waals surface area contributed by atoms with Crippen molar-refractivity contribution in [2.45, 2.75) is 33.1 Å². The highest BCUT2D eigenvalue weighted by molar-refractivity contribution is 5.37. The van der Waals surface area contributed by atoms with Gasteiger partial charge in [-0.3, -0.25) is 0 Å². The normalized spacial score (nSPS) is 10.6. The number of hydrogen-bond donors (Lipinski definition) is 1. The molecule has 1 aromatic heterocycles. The third-order valence-electron chi connectivity index (χ3n) is 2.79. The number of aryl methyl sites for hydroxylation is 3. The maximum Gasteiger partial charge on any atom is 0.122 e. The van der Waals surface area contributed by atoms with Crippen LogP contribution in [0.1, 0.15) is 30.2 Å². The van der Waals surface area contributed by atoms with Crippen LogP contribution in [0.25, 0.3) is 0 Å². The van der Waals surface area contributed by atoms with Crippen molar-refractivity contribution in [1.82, 2.24) is 15.4 Å². The molecular weight excluding hydrogens is 226 g/mol. The van der Waals surface area contributed by atoms with Crippen molar-refractivity contribution in [3.8, 4) is 5.75 Å². The Bertz CT molecular complexity index is 480. The van der Waals surface area contributed by atoms with Gasteiger partial charge in [-0.25, -0.2) is 0 Å². The molecule has 0 saturated carbocycles. The van der Waals surface area contributed by atoms with Crippen LogP contribution in [-0.2, 0) is 12.8 Å². The molecule has 0 aliphatic rings. The number of ether oxygens (including phenoxy) is 1. The lowest BCUT2D eigenvalue weighted by Crippen LogP contribution is -2.01. The topological polar surface area (TPSA) is 50.8 Å². The van der Waals surface area contributed by atoms with Crippen LogP contribution in [0, 0.1) is 6.92 Å². The van der Waals surface area contributed by atoms with Gasteiger partial charge in [0.2, 0.25) is 0 Å². The summed E-state index contributed by atoms with van der Waals surface area (Å²) in [6.07, 6.45) is 4.59. The first-order valence-electron chi connectivity index (χ1n) is 6.36. The largest absolute Gasteiger partial charge is 0.493 e. The minimum Gasteiger partial charge on any atom is -0.493 e. The molecule has 0 aliphatic heterocycles.